The lowest BCUT2D eigenvalue weighted by molar-refractivity contribution is -0.173. The summed E-state index contributed by atoms with van der Waals surface area (Å²) in [5.41, 5.74) is 0.711. The van der Waals surface area contributed by atoms with Gasteiger partial charge in [0.1, 0.15) is 0 Å². The van der Waals surface area contributed by atoms with Gasteiger partial charge in [-0.05, 0) is 116 Å². The van der Waals surface area contributed by atoms with Gasteiger partial charge in [-0.15, -0.1) is 0 Å². The summed E-state index contributed by atoms with van der Waals surface area (Å²) in [5, 5.41) is 21.7. The number of aliphatic hydroxyl groups excluding tert-OH is 2. The minimum absolute atomic E-state index is 0.142. The van der Waals surface area contributed by atoms with Crippen LogP contribution in [0.1, 0.15) is 99.3 Å². The van der Waals surface area contributed by atoms with Crippen molar-refractivity contribution in [2.45, 2.75) is 112 Å². The molecule has 0 aromatic heterocycles. The highest BCUT2D eigenvalue weighted by Gasteiger charge is 2.62. The van der Waals surface area contributed by atoms with Crippen LogP contribution in [-0.4, -0.2) is 22.4 Å². The van der Waals surface area contributed by atoms with Gasteiger partial charge in [-0.3, -0.25) is 0 Å². The maximum Gasteiger partial charge on any atom is 0.0577 e. The van der Waals surface area contributed by atoms with E-state index in [1.165, 1.54) is 32.1 Å². The highest BCUT2D eigenvalue weighted by Crippen LogP contribution is 2.68. The molecule has 0 aromatic rings. The Bertz CT molecular complexity index is 655. The van der Waals surface area contributed by atoms with Crippen LogP contribution in [0, 0.1) is 58.2 Å². The van der Waals surface area contributed by atoms with Crippen molar-refractivity contribution in [3.8, 4) is 0 Å². The van der Waals surface area contributed by atoms with Crippen LogP contribution in [0.15, 0.2) is 12.2 Å². The van der Waals surface area contributed by atoms with Crippen molar-refractivity contribution < 1.29 is 10.2 Å². The molecular formula is C29H50O2. The van der Waals surface area contributed by atoms with E-state index in [2.05, 4.69) is 53.7 Å². The zero-order valence-corrected chi connectivity index (χ0v) is 21.2. The molecule has 2 heteroatoms. The molecule has 0 amide bonds. The number of hydrogen-bond donors (Lipinski definition) is 2. The van der Waals surface area contributed by atoms with E-state index in [-0.39, 0.29) is 12.2 Å². The monoisotopic (exact) mass is 430 g/mol. The van der Waals surface area contributed by atoms with E-state index in [4.69, 9.17) is 0 Å². The molecule has 6 unspecified atom stereocenters. The van der Waals surface area contributed by atoms with Crippen LogP contribution >= 0.6 is 0 Å². The number of rotatable bonds is 5. The zero-order chi connectivity index (χ0) is 22.6. The fourth-order valence-corrected chi connectivity index (χ4v) is 9.39. The van der Waals surface area contributed by atoms with Crippen molar-refractivity contribution in [1.82, 2.24) is 0 Å². The van der Waals surface area contributed by atoms with Gasteiger partial charge in [0.25, 0.3) is 0 Å². The minimum Gasteiger partial charge on any atom is -0.393 e. The summed E-state index contributed by atoms with van der Waals surface area (Å²) < 4.78 is 0. The maximum absolute atomic E-state index is 11.4. The molecule has 0 radical (unpaired) electrons. The van der Waals surface area contributed by atoms with E-state index in [0.717, 1.165) is 37.5 Å². The Hall–Kier alpha value is -0.340. The third-order valence-corrected chi connectivity index (χ3v) is 11.4. The second-order valence-electron chi connectivity index (χ2n) is 13.0. The predicted octanol–water partition coefficient (Wildman–Crippen LogP) is 6.85. The van der Waals surface area contributed by atoms with Crippen molar-refractivity contribution in [3.05, 3.63) is 12.2 Å². The lowest BCUT2D eigenvalue weighted by atomic mass is 9.43. The van der Waals surface area contributed by atoms with Crippen molar-refractivity contribution in [3.63, 3.8) is 0 Å². The van der Waals surface area contributed by atoms with Gasteiger partial charge in [0.05, 0.1) is 12.2 Å². The minimum atomic E-state index is -0.159. The maximum atomic E-state index is 11.4. The molecule has 0 spiro atoms. The summed E-state index contributed by atoms with van der Waals surface area (Å²) in [6.07, 6.45) is 15.2. The highest BCUT2D eigenvalue weighted by atomic mass is 16.3. The third-order valence-electron chi connectivity index (χ3n) is 11.4. The summed E-state index contributed by atoms with van der Waals surface area (Å²) in [4.78, 5) is 0. The van der Waals surface area contributed by atoms with Gasteiger partial charge in [-0.25, -0.2) is 0 Å². The van der Waals surface area contributed by atoms with E-state index in [0.29, 0.717) is 46.3 Å². The number of fused-ring (bicyclic) bond motifs is 5. The standard InChI is InChI=1S/C29H50O2/c1-7-20(18(2)3)9-8-19(4)23-10-11-24-27-25(13-15-29(23,24)6)28(5)14-12-22(30)16-21(28)17-26(27)31/h8-9,18-27,30-31H,7,10-17H2,1-6H3/b9-8+/t19?,20?,21-,22+,23-,24?,25?,26?,27?,28+,29-/m1/s1. The van der Waals surface area contributed by atoms with Crippen LogP contribution in [0.2, 0.25) is 0 Å². The summed E-state index contributed by atoms with van der Waals surface area (Å²) in [7, 11) is 0. The molecule has 0 heterocycles. The van der Waals surface area contributed by atoms with Gasteiger partial charge in [0.2, 0.25) is 0 Å². The summed E-state index contributed by atoms with van der Waals surface area (Å²) in [6.45, 7) is 14.6. The quantitative estimate of drug-likeness (QED) is 0.468. The van der Waals surface area contributed by atoms with Gasteiger partial charge in [-0.1, -0.05) is 53.7 Å². The second kappa shape index (κ2) is 8.79. The SMILES string of the molecule is CCC(/C=C/C(C)[C@H]1CCC2C3C(O)C[C@H]4C[C@@H](O)CC[C@]4(C)C3CC[C@@]21C)C(C)C. The molecule has 0 saturated heterocycles. The number of hydrogen-bond acceptors (Lipinski definition) is 2. The van der Waals surface area contributed by atoms with Crippen LogP contribution in [0.3, 0.4) is 0 Å². The Balaban J connectivity index is 1.53. The van der Waals surface area contributed by atoms with Crippen LogP contribution in [0.25, 0.3) is 0 Å². The third kappa shape index (κ3) is 3.96. The van der Waals surface area contributed by atoms with Gasteiger partial charge in [-0.2, -0.15) is 0 Å². The molecule has 2 nitrogen and oxygen atoms in total. The van der Waals surface area contributed by atoms with Gasteiger partial charge in [0.15, 0.2) is 0 Å². The molecule has 178 valence electrons. The Morgan fingerprint density at radius 1 is 0.871 bits per heavy atom. The lowest BCUT2D eigenvalue weighted by Gasteiger charge is -2.62. The van der Waals surface area contributed by atoms with Gasteiger partial charge < -0.3 is 10.2 Å². The molecule has 31 heavy (non-hydrogen) atoms. The largest absolute Gasteiger partial charge is 0.393 e. The van der Waals surface area contributed by atoms with Crippen molar-refractivity contribution in [2.75, 3.05) is 0 Å². The first-order valence-electron chi connectivity index (χ1n) is 13.7. The second-order valence-corrected chi connectivity index (χ2v) is 13.0. The van der Waals surface area contributed by atoms with Crippen molar-refractivity contribution in [2.24, 2.45) is 58.2 Å². The van der Waals surface area contributed by atoms with E-state index < -0.39 is 0 Å². The first kappa shape index (κ1) is 23.8. The smallest absolute Gasteiger partial charge is 0.0577 e. The first-order chi connectivity index (χ1) is 14.6. The van der Waals surface area contributed by atoms with Crippen molar-refractivity contribution >= 4 is 0 Å². The normalized spacial score (nSPS) is 49.5. The molecule has 11 atom stereocenters. The molecule has 4 aliphatic rings. The average molecular weight is 431 g/mol. The molecule has 0 aromatic carbocycles. The average Bonchev–Trinajstić information content (AvgIpc) is 3.06. The van der Waals surface area contributed by atoms with E-state index >= 15 is 0 Å². The lowest BCUT2D eigenvalue weighted by Crippen LogP contribution is -2.58. The number of aliphatic hydroxyl groups is 2. The summed E-state index contributed by atoms with van der Waals surface area (Å²) >= 11 is 0. The van der Waals surface area contributed by atoms with Crippen LogP contribution in [0.5, 0.6) is 0 Å². The number of allylic oxidation sites excluding steroid dienone is 2. The van der Waals surface area contributed by atoms with Crippen LogP contribution in [-0.2, 0) is 0 Å². The van der Waals surface area contributed by atoms with E-state index in [1.54, 1.807) is 0 Å². The molecule has 2 N–H and O–H groups in total. The molecule has 4 rings (SSSR count). The van der Waals surface area contributed by atoms with E-state index in [9.17, 15) is 10.2 Å². The summed E-state index contributed by atoms with van der Waals surface area (Å²) in [6, 6.07) is 0. The molecule has 0 aliphatic heterocycles. The molecular weight excluding hydrogens is 380 g/mol. The predicted molar refractivity (Wildman–Crippen MR) is 130 cm³/mol. The fourth-order valence-electron chi connectivity index (χ4n) is 9.39. The molecule has 4 aliphatic carbocycles. The summed E-state index contributed by atoms with van der Waals surface area (Å²) in [5.74, 6) is 5.13. The Kier molecular flexibility index (Phi) is 6.75. The topological polar surface area (TPSA) is 40.5 Å². The zero-order valence-electron chi connectivity index (χ0n) is 21.2. The molecule has 4 saturated carbocycles. The molecule has 4 fully saturated rings. The van der Waals surface area contributed by atoms with Crippen LogP contribution in [0.4, 0.5) is 0 Å². The van der Waals surface area contributed by atoms with Crippen LogP contribution < -0.4 is 0 Å². The molecule has 0 bridgehead atoms. The van der Waals surface area contributed by atoms with Gasteiger partial charge >= 0.3 is 0 Å². The van der Waals surface area contributed by atoms with E-state index in [1.807, 2.05) is 0 Å². The van der Waals surface area contributed by atoms with Crippen molar-refractivity contribution in [1.29, 1.82) is 0 Å². The highest BCUT2D eigenvalue weighted by molar-refractivity contribution is 5.13. The van der Waals surface area contributed by atoms with Gasteiger partial charge in [0, 0.05) is 0 Å². The first-order valence-corrected chi connectivity index (χ1v) is 13.7. The Morgan fingerprint density at radius 2 is 1.55 bits per heavy atom. The fraction of sp³-hybridized carbons (Fsp3) is 0.931. The Labute approximate surface area is 192 Å². The Morgan fingerprint density at radius 3 is 2.23 bits per heavy atom.